The minimum Gasteiger partial charge on any atom is -0.454 e. The maximum Gasteiger partial charge on any atom is 0.246 e. The minimum absolute atomic E-state index is 0.106. The zero-order valence-electron chi connectivity index (χ0n) is 17.8. The van der Waals surface area contributed by atoms with Crippen LogP contribution in [0.15, 0.2) is 30.3 Å². The van der Waals surface area contributed by atoms with Crippen molar-refractivity contribution >= 4 is 12.0 Å². The maximum absolute atomic E-state index is 12.7. The Morgan fingerprint density at radius 2 is 1.83 bits per heavy atom. The Morgan fingerprint density at radius 1 is 1.07 bits per heavy atom. The summed E-state index contributed by atoms with van der Waals surface area (Å²) in [4.78, 5) is 17.0. The molecule has 0 spiro atoms. The van der Waals surface area contributed by atoms with Crippen LogP contribution >= 0.6 is 0 Å². The van der Waals surface area contributed by atoms with Crippen LogP contribution in [0, 0.1) is 13.8 Å². The highest BCUT2D eigenvalue weighted by atomic mass is 16.7. The van der Waals surface area contributed by atoms with Crippen LogP contribution in [0.2, 0.25) is 0 Å². The van der Waals surface area contributed by atoms with Crippen molar-refractivity contribution in [2.24, 2.45) is 0 Å². The highest BCUT2D eigenvalue weighted by Crippen LogP contribution is 2.38. The van der Waals surface area contributed by atoms with Gasteiger partial charge in [-0.05, 0) is 62.1 Å². The van der Waals surface area contributed by atoms with Crippen LogP contribution in [0.1, 0.15) is 41.4 Å². The molecular formula is C24H29N3O3. The van der Waals surface area contributed by atoms with Crippen LogP contribution in [0.5, 0.6) is 11.5 Å². The van der Waals surface area contributed by atoms with Crippen LogP contribution in [-0.4, -0.2) is 53.2 Å². The molecule has 0 N–H and O–H groups in total. The molecule has 2 aliphatic heterocycles. The Kier molecular flexibility index (Phi) is 5.03. The van der Waals surface area contributed by atoms with Gasteiger partial charge in [0.25, 0.3) is 0 Å². The first-order valence-corrected chi connectivity index (χ1v) is 10.8. The zero-order valence-corrected chi connectivity index (χ0v) is 17.8. The van der Waals surface area contributed by atoms with E-state index in [2.05, 4.69) is 41.5 Å². The first kappa shape index (κ1) is 19.2. The van der Waals surface area contributed by atoms with E-state index >= 15 is 0 Å². The van der Waals surface area contributed by atoms with Gasteiger partial charge in [0.1, 0.15) is 0 Å². The van der Waals surface area contributed by atoms with E-state index in [4.69, 9.17) is 9.47 Å². The van der Waals surface area contributed by atoms with E-state index in [-0.39, 0.29) is 5.91 Å². The number of fused-ring (bicyclic) bond motifs is 1. The van der Waals surface area contributed by atoms with Gasteiger partial charge in [0.05, 0.1) is 0 Å². The van der Waals surface area contributed by atoms with Crippen molar-refractivity contribution in [1.82, 2.24) is 14.4 Å². The molecule has 1 amide bonds. The summed E-state index contributed by atoms with van der Waals surface area (Å²) in [5, 5.41) is 0. The Hall–Kier alpha value is -2.73. The summed E-state index contributed by atoms with van der Waals surface area (Å²) in [7, 11) is 0. The molecule has 2 aromatic rings. The van der Waals surface area contributed by atoms with Crippen molar-refractivity contribution in [3.8, 4) is 11.5 Å². The van der Waals surface area contributed by atoms with Crippen LogP contribution in [0.3, 0.4) is 0 Å². The van der Waals surface area contributed by atoms with Gasteiger partial charge in [-0.15, -0.1) is 0 Å². The molecule has 1 aromatic carbocycles. The van der Waals surface area contributed by atoms with E-state index in [0.29, 0.717) is 12.8 Å². The third kappa shape index (κ3) is 3.84. The Bertz CT molecular complexity index is 982. The smallest absolute Gasteiger partial charge is 0.246 e. The molecule has 30 heavy (non-hydrogen) atoms. The number of benzene rings is 1. The molecular weight excluding hydrogens is 378 g/mol. The third-order valence-corrected chi connectivity index (χ3v) is 6.37. The monoisotopic (exact) mass is 407 g/mol. The molecule has 0 radical (unpaired) electrons. The molecule has 158 valence electrons. The summed E-state index contributed by atoms with van der Waals surface area (Å²) >= 11 is 0. The van der Waals surface area contributed by atoms with Gasteiger partial charge in [-0.2, -0.15) is 0 Å². The van der Waals surface area contributed by atoms with E-state index < -0.39 is 0 Å². The highest BCUT2D eigenvalue weighted by Gasteiger charge is 2.26. The fraction of sp³-hybridized carbons (Fsp3) is 0.458. The number of hydrogen-bond donors (Lipinski definition) is 0. The van der Waals surface area contributed by atoms with Gasteiger partial charge >= 0.3 is 0 Å². The number of rotatable bonds is 5. The molecule has 0 unspecified atom stereocenters. The third-order valence-electron chi connectivity index (χ3n) is 6.37. The van der Waals surface area contributed by atoms with E-state index in [9.17, 15) is 4.79 Å². The standard InChI is InChI=1S/C24H29N3O3/c1-17-13-20(18(2)27(17)21-5-6-21)4-8-24(28)26-11-9-25(10-12-26)15-19-3-7-22-23(14-19)30-16-29-22/h3-4,7-8,13-14,21H,5-6,9-12,15-16H2,1-2H3/b8-4+. The van der Waals surface area contributed by atoms with Crippen molar-refractivity contribution in [1.29, 1.82) is 0 Å². The molecule has 0 atom stereocenters. The predicted octanol–water partition coefficient (Wildman–Crippen LogP) is 3.53. The Balaban J connectivity index is 1.15. The van der Waals surface area contributed by atoms with Gasteiger partial charge in [0.15, 0.2) is 11.5 Å². The summed E-state index contributed by atoms with van der Waals surface area (Å²) in [5.41, 5.74) is 4.94. The SMILES string of the molecule is Cc1cc(/C=C/C(=O)N2CCN(Cc3ccc4c(c3)OCO4)CC2)c(C)n1C1CC1. The number of amides is 1. The number of carbonyl (C=O) groups excluding carboxylic acids is 1. The van der Waals surface area contributed by atoms with Crippen molar-refractivity contribution in [3.05, 3.63) is 52.9 Å². The second-order valence-electron chi connectivity index (χ2n) is 8.55. The fourth-order valence-corrected chi connectivity index (χ4v) is 4.56. The molecule has 0 bridgehead atoms. The molecule has 6 heteroatoms. The van der Waals surface area contributed by atoms with Crippen LogP contribution in [-0.2, 0) is 11.3 Å². The Labute approximate surface area is 177 Å². The number of hydrogen-bond acceptors (Lipinski definition) is 4. The predicted molar refractivity (Wildman–Crippen MR) is 116 cm³/mol. The number of aromatic nitrogens is 1. The molecule has 6 nitrogen and oxygen atoms in total. The van der Waals surface area contributed by atoms with Gasteiger partial charge in [-0.1, -0.05) is 6.07 Å². The number of piperazine rings is 1. The summed E-state index contributed by atoms with van der Waals surface area (Å²) < 4.78 is 13.3. The molecule has 1 aromatic heterocycles. The number of ether oxygens (including phenoxy) is 2. The van der Waals surface area contributed by atoms with E-state index in [1.165, 1.54) is 29.8 Å². The maximum atomic E-state index is 12.7. The average molecular weight is 408 g/mol. The molecule has 1 saturated carbocycles. The fourth-order valence-electron chi connectivity index (χ4n) is 4.56. The topological polar surface area (TPSA) is 46.9 Å². The number of nitrogens with zero attached hydrogens (tertiary/aromatic N) is 3. The quantitative estimate of drug-likeness (QED) is 0.712. The van der Waals surface area contributed by atoms with Crippen molar-refractivity contribution < 1.29 is 14.3 Å². The molecule has 1 saturated heterocycles. The number of carbonyl (C=O) groups is 1. The summed E-state index contributed by atoms with van der Waals surface area (Å²) in [6.07, 6.45) is 6.28. The lowest BCUT2D eigenvalue weighted by atomic mass is 10.1. The Morgan fingerprint density at radius 3 is 2.60 bits per heavy atom. The average Bonchev–Trinajstić information content (AvgIpc) is 3.39. The van der Waals surface area contributed by atoms with Crippen molar-refractivity contribution in [2.75, 3.05) is 33.0 Å². The second kappa shape index (κ2) is 7.84. The van der Waals surface area contributed by atoms with Crippen LogP contribution < -0.4 is 9.47 Å². The van der Waals surface area contributed by atoms with Crippen molar-refractivity contribution in [2.45, 2.75) is 39.3 Å². The zero-order chi connectivity index (χ0) is 20.7. The summed E-state index contributed by atoms with van der Waals surface area (Å²) in [6.45, 7) is 8.76. The van der Waals surface area contributed by atoms with E-state index in [0.717, 1.165) is 49.8 Å². The number of aryl methyl sites for hydroxylation is 1. The van der Waals surface area contributed by atoms with Crippen molar-refractivity contribution in [3.63, 3.8) is 0 Å². The molecule has 3 heterocycles. The first-order valence-electron chi connectivity index (χ1n) is 10.8. The first-order chi connectivity index (χ1) is 14.6. The lowest BCUT2D eigenvalue weighted by molar-refractivity contribution is -0.127. The lowest BCUT2D eigenvalue weighted by Gasteiger charge is -2.34. The van der Waals surface area contributed by atoms with E-state index in [1.807, 2.05) is 17.0 Å². The van der Waals surface area contributed by atoms with E-state index in [1.54, 1.807) is 6.08 Å². The summed E-state index contributed by atoms with van der Waals surface area (Å²) in [5.74, 6) is 1.75. The molecule has 2 fully saturated rings. The molecule has 5 rings (SSSR count). The second-order valence-corrected chi connectivity index (χ2v) is 8.55. The van der Waals surface area contributed by atoms with Crippen LogP contribution in [0.4, 0.5) is 0 Å². The minimum atomic E-state index is 0.106. The van der Waals surface area contributed by atoms with Gasteiger partial charge in [-0.25, -0.2) is 0 Å². The molecule has 1 aliphatic carbocycles. The van der Waals surface area contributed by atoms with Gasteiger partial charge in [0, 0.05) is 56.2 Å². The van der Waals surface area contributed by atoms with Gasteiger partial charge in [0.2, 0.25) is 12.7 Å². The van der Waals surface area contributed by atoms with Gasteiger partial charge < -0.3 is 18.9 Å². The van der Waals surface area contributed by atoms with Gasteiger partial charge in [-0.3, -0.25) is 9.69 Å². The lowest BCUT2D eigenvalue weighted by Crippen LogP contribution is -2.47. The largest absolute Gasteiger partial charge is 0.454 e. The summed E-state index contributed by atoms with van der Waals surface area (Å²) in [6, 6.07) is 8.98. The highest BCUT2D eigenvalue weighted by molar-refractivity contribution is 5.92. The van der Waals surface area contributed by atoms with Crippen LogP contribution in [0.25, 0.3) is 6.08 Å². The molecule has 3 aliphatic rings. The normalized spacial score (nSPS) is 19.1.